The highest BCUT2D eigenvalue weighted by molar-refractivity contribution is 14.1. The molecule has 12 heteroatoms. The van der Waals surface area contributed by atoms with Crippen LogP contribution in [0.3, 0.4) is 0 Å². The standard InChI is InChI=1S/C35H29IN2O8S/c1-43-30-15-22(17-32-34(41)38(35(42)47-32)18-33(40)37-27-10-8-26(36)9-11-27)6-12-28(30)45-20-24-4-3-5-25(14-24)21-46-29-13-7-23(19-39)16-31(29)44-2/h3-17,19H,18,20-21H2,1-2H3,(H,37,40)/b32-17-. The molecule has 10 nitrogen and oxygen atoms in total. The summed E-state index contributed by atoms with van der Waals surface area (Å²) in [4.78, 5) is 50.3. The number of methoxy groups -OCH3 is 2. The van der Waals surface area contributed by atoms with Crippen LogP contribution in [0, 0.1) is 3.57 Å². The third-order valence-corrected chi connectivity index (χ3v) is 8.52. The summed E-state index contributed by atoms with van der Waals surface area (Å²) in [6.07, 6.45) is 2.33. The molecule has 240 valence electrons. The third-order valence-electron chi connectivity index (χ3n) is 6.89. The van der Waals surface area contributed by atoms with Crippen LogP contribution in [-0.4, -0.2) is 49.0 Å². The van der Waals surface area contributed by atoms with Gasteiger partial charge < -0.3 is 24.3 Å². The normalized spacial score (nSPS) is 13.4. The van der Waals surface area contributed by atoms with E-state index in [2.05, 4.69) is 27.9 Å². The van der Waals surface area contributed by atoms with E-state index in [0.29, 0.717) is 39.8 Å². The van der Waals surface area contributed by atoms with E-state index >= 15 is 0 Å². The van der Waals surface area contributed by atoms with Crippen molar-refractivity contribution in [2.24, 2.45) is 0 Å². The summed E-state index contributed by atoms with van der Waals surface area (Å²) in [5.41, 5.74) is 3.51. The maximum Gasteiger partial charge on any atom is 0.294 e. The Bertz CT molecular complexity index is 1840. The molecule has 1 saturated heterocycles. The highest BCUT2D eigenvalue weighted by atomic mass is 127. The van der Waals surface area contributed by atoms with Gasteiger partial charge in [-0.15, -0.1) is 0 Å². The minimum absolute atomic E-state index is 0.198. The molecule has 0 bridgehead atoms. The molecule has 0 radical (unpaired) electrons. The Morgan fingerprint density at radius 2 is 1.40 bits per heavy atom. The van der Waals surface area contributed by atoms with E-state index in [1.165, 1.54) is 14.2 Å². The first-order valence-corrected chi connectivity index (χ1v) is 16.1. The molecule has 1 N–H and O–H groups in total. The van der Waals surface area contributed by atoms with Gasteiger partial charge in [-0.25, -0.2) is 0 Å². The van der Waals surface area contributed by atoms with Crippen LogP contribution in [0.2, 0.25) is 0 Å². The zero-order valence-electron chi connectivity index (χ0n) is 25.4. The number of hydrogen-bond donors (Lipinski definition) is 1. The summed E-state index contributed by atoms with van der Waals surface area (Å²) in [5, 5.41) is 2.18. The van der Waals surface area contributed by atoms with Crippen LogP contribution in [-0.2, 0) is 22.8 Å². The monoisotopic (exact) mass is 764 g/mol. The molecule has 1 aliphatic rings. The van der Waals surface area contributed by atoms with E-state index in [1.807, 2.05) is 36.4 Å². The van der Waals surface area contributed by atoms with Gasteiger partial charge in [-0.05, 0) is 118 Å². The van der Waals surface area contributed by atoms with Gasteiger partial charge in [0.1, 0.15) is 26.0 Å². The first-order chi connectivity index (χ1) is 22.8. The first-order valence-electron chi connectivity index (χ1n) is 14.2. The van der Waals surface area contributed by atoms with Crippen LogP contribution in [0.15, 0.2) is 89.8 Å². The lowest BCUT2D eigenvalue weighted by Crippen LogP contribution is -2.36. The minimum Gasteiger partial charge on any atom is -0.493 e. The highest BCUT2D eigenvalue weighted by Crippen LogP contribution is 2.35. The number of ether oxygens (including phenoxy) is 4. The zero-order valence-corrected chi connectivity index (χ0v) is 28.3. The summed E-state index contributed by atoms with van der Waals surface area (Å²) < 4.78 is 23.9. The molecule has 0 aromatic heterocycles. The molecule has 3 amide bonds. The lowest BCUT2D eigenvalue weighted by Gasteiger charge is -2.13. The summed E-state index contributed by atoms with van der Waals surface area (Å²) in [5.74, 6) is 0.921. The Morgan fingerprint density at radius 3 is 2.00 bits per heavy atom. The number of hydrogen-bond acceptors (Lipinski definition) is 9. The quantitative estimate of drug-likeness (QED) is 0.0876. The molecular formula is C35H29IN2O8S. The van der Waals surface area contributed by atoms with E-state index in [9.17, 15) is 19.2 Å². The van der Waals surface area contributed by atoms with Crippen LogP contribution in [0.25, 0.3) is 6.08 Å². The van der Waals surface area contributed by atoms with Gasteiger partial charge in [0.15, 0.2) is 23.0 Å². The number of anilines is 1. The van der Waals surface area contributed by atoms with Crippen LogP contribution >= 0.6 is 34.4 Å². The number of carbonyl (C=O) groups is 4. The smallest absolute Gasteiger partial charge is 0.294 e. The van der Waals surface area contributed by atoms with Crippen LogP contribution < -0.4 is 24.3 Å². The molecule has 4 aromatic rings. The largest absolute Gasteiger partial charge is 0.493 e. The maximum absolute atomic E-state index is 13.0. The van der Waals surface area contributed by atoms with Gasteiger partial charge in [0.05, 0.1) is 19.1 Å². The second-order valence-corrected chi connectivity index (χ2v) is 12.4. The van der Waals surface area contributed by atoms with Gasteiger partial charge in [0.2, 0.25) is 5.91 Å². The fraction of sp³-hybridized carbons (Fsp3) is 0.143. The lowest BCUT2D eigenvalue weighted by molar-refractivity contribution is -0.127. The second-order valence-electron chi connectivity index (χ2n) is 10.2. The van der Waals surface area contributed by atoms with Crippen molar-refractivity contribution in [3.8, 4) is 23.0 Å². The molecule has 47 heavy (non-hydrogen) atoms. The van der Waals surface area contributed by atoms with Crippen molar-refractivity contribution in [2.75, 3.05) is 26.1 Å². The number of benzene rings is 4. The highest BCUT2D eigenvalue weighted by Gasteiger charge is 2.36. The number of rotatable bonds is 13. The number of nitrogens with one attached hydrogen (secondary N) is 1. The fourth-order valence-electron chi connectivity index (χ4n) is 4.57. The average Bonchev–Trinajstić information content (AvgIpc) is 3.34. The molecule has 1 fully saturated rings. The summed E-state index contributed by atoms with van der Waals surface area (Å²) in [6, 6.07) is 25.1. The van der Waals surface area contributed by atoms with E-state index in [-0.39, 0.29) is 24.7 Å². The molecule has 1 heterocycles. The van der Waals surface area contributed by atoms with Gasteiger partial charge >= 0.3 is 0 Å². The average molecular weight is 765 g/mol. The van der Waals surface area contributed by atoms with Crippen molar-refractivity contribution in [3.63, 3.8) is 0 Å². The maximum atomic E-state index is 13.0. The second kappa shape index (κ2) is 15.6. The topological polar surface area (TPSA) is 120 Å². The molecule has 0 saturated carbocycles. The van der Waals surface area contributed by atoms with Crippen LogP contribution in [0.5, 0.6) is 23.0 Å². The summed E-state index contributed by atoms with van der Waals surface area (Å²) in [7, 11) is 3.03. The molecule has 0 aliphatic carbocycles. The molecule has 5 rings (SSSR count). The summed E-state index contributed by atoms with van der Waals surface area (Å²) >= 11 is 2.93. The van der Waals surface area contributed by atoms with E-state index in [0.717, 1.165) is 37.6 Å². The number of thioether (sulfide) groups is 1. The van der Waals surface area contributed by atoms with Crippen molar-refractivity contribution in [1.29, 1.82) is 0 Å². The predicted molar refractivity (Wildman–Crippen MR) is 187 cm³/mol. The summed E-state index contributed by atoms with van der Waals surface area (Å²) in [6.45, 7) is 0.148. The van der Waals surface area contributed by atoms with Crippen molar-refractivity contribution < 1.29 is 38.1 Å². The Labute approximate surface area is 289 Å². The fourth-order valence-corrected chi connectivity index (χ4v) is 5.76. The Kier molecular flexibility index (Phi) is 11.2. The van der Waals surface area contributed by atoms with Gasteiger partial charge in [-0.1, -0.05) is 24.3 Å². The van der Waals surface area contributed by atoms with E-state index < -0.39 is 17.1 Å². The van der Waals surface area contributed by atoms with Crippen molar-refractivity contribution in [2.45, 2.75) is 13.2 Å². The first kappa shape index (κ1) is 33.5. The minimum atomic E-state index is -0.544. The molecular weight excluding hydrogens is 735 g/mol. The molecule has 0 atom stereocenters. The van der Waals surface area contributed by atoms with Crippen molar-refractivity contribution in [1.82, 2.24) is 4.90 Å². The molecule has 0 unspecified atom stereocenters. The number of amides is 3. The Hall–Kier alpha value is -4.82. The molecule has 1 aliphatic heterocycles. The number of carbonyl (C=O) groups excluding carboxylic acids is 4. The lowest BCUT2D eigenvalue weighted by atomic mass is 10.1. The molecule has 0 spiro atoms. The number of aldehydes is 1. The van der Waals surface area contributed by atoms with E-state index in [1.54, 1.807) is 54.6 Å². The third kappa shape index (κ3) is 8.71. The Balaban J connectivity index is 1.19. The zero-order chi connectivity index (χ0) is 33.3. The van der Waals surface area contributed by atoms with Crippen LogP contribution in [0.4, 0.5) is 10.5 Å². The van der Waals surface area contributed by atoms with E-state index in [4.69, 9.17) is 18.9 Å². The predicted octanol–water partition coefficient (Wildman–Crippen LogP) is 6.95. The van der Waals surface area contributed by atoms with Gasteiger partial charge in [-0.2, -0.15) is 0 Å². The SMILES string of the molecule is COc1cc(C=O)ccc1OCc1cccc(COc2ccc(/C=C3\SC(=O)N(CC(=O)Nc4ccc(I)cc4)C3=O)cc2OC)c1. The Morgan fingerprint density at radius 1 is 0.809 bits per heavy atom. The van der Waals surface area contributed by atoms with Gasteiger partial charge in [0.25, 0.3) is 11.1 Å². The van der Waals surface area contributed by atoms with Crippen molar-refractivity contribution in [3.05, 3.63) is 116 Å². The molecule has 4 aromatic carbocycles. The van der Waals surface area contributed by atoms with Crippen molar-refractivity contribution >= 4 is 69.5 Å². The van der Waals surface area contributed by atoms with Gasteiger partial charge in [0, 0.05) is 14.8 Å². The van der Waals surface area contributed by atoms with Gasteiger partial charge in [-0.3, -0.25) is 24.1 Å². The number of nitrogens with zero attached hydrogens (tertiary/aromatic N) is 1. The van der Waals surface area contributed by atoms with Crippen LogP contribution in [0.1, 0.15) is 27.0 Å². The number of imide groups is 1. The number of halogens is 1.